The minimum absolute atomic E-state index is 0.00256. The van der Waals surface area contributed by atoms with Crippen molar-refractivity contribution in [3.63, 3.8) is 0 Å². The zero-order chi connectivity index (χ0) is 26.6. The second-order valence-corrected chi connectivity index (χ2v) is 16.1. The Morgan fingerprint density at radius 1 is 1.26 bits per heavy atom. The van der Waals surface area contributed by atoms with Crippen molar-refractivity contribution in [1.82, 2.24) is 10.4 Å². The molecule has 3 atom stereocenters. The number of nitriles is 1. The van der Waals surface area contributed by atoms with Crippen LogP contribution in [0.1, 0.15) is 53.5 Å². The maximum Gasteiger partial charge on any atom is 0.410 e. The van der Waals surface area contributed by atoms with Gasteiger partial charge < -0.3 is 9.16 Å². The number of carbonyl (C=O) groups excluding carboxylic acids is 1. The molecule has 0 saturated carbocycles. The first-order valence-corrected chi connectivity index (χ1v) is 14.6. The average molecular weight is 507 g/mol. The Morgan fingerprint density at radius 3 is 2.34 bits per heavy atom. The number of non-ortho nitro benzene ring substituents is 1. The van der Waals surface area contributed by atoms with Crippen molar-refractivity contribution in [2.75, 3.05) is 6.54 Å². The van der Waals surface area contributed by atoms with E-state index in [1.807, 2.05) is 0 Å². The summed E-state index contributed by atoms with van der Waals surface area (Å²) in [6, 6.07) is 6.83. The molecule has 1 saturated heterocycles. The van der Waals surface area contributed by atoms with E-state index in [0.717, 1.165) is 0 Å². The molecule has 194 valence electrons. The van der Waals surface area contributed by atoms with Crippen LogP contribution in [0.25, 0.3) is 0 Å². The van der Waals surface area contributed by atoms with Gasteiger partial charge in [0.25, 0.3) is 5.69 Å². The molecule has 1 aliphatic rings. The fourth-order valence-electron chi connectivity index (χ4n) is 3.47. The number of nitro groups is 1. The molecule has 11 heteroatoms. The minimum Gasteiger partial charge on any atom is -0.444 e. The molecule has 0 aromatic heterocycles. The SMILES string of the molecule is CC(C)(C)OC(=O)N1C[C@H](O[Si](C)(C)C(C)(C)C)C[C@H]1C(C#N)NOCc1ccc([N+](=O)[O-])cc1. The third-order valence-electron chi connectivity index (χ3n) is 6.32. The van der Waals surface area contributed by atoms with Crippen LogP contribution in [0.5, 0.6) is 0 Å². The van der Waals surface area contributed by atoms with E-state index in [4.69, 9.17) is 14.0 Å². The zero-order valence-electron chi connectivity index (χ0n) is 22.0. The van der Waals surface area contributed by atoms with Crippen LogP contribution in [0.3, 0.4) is 0 Å². The summed E-state index contributed by atoms with van der Waals surface area (Å²) in [5.41, 5.74) is 2.78. The molecular weight excluding hydrogens is 468 g/mol. The molecule has 1 heterocycles. The summed E-state index contributed by atoms with van der Waals surface area (Å²) in [5.74, 6) is 0. The summed E-state index contributed by atoms with van der Waals surface area (Å²) in [4.78, 5) is 30.5. The van der Waals surface area contributed by atoms with Crippen molar-refractivity contribution in [3.05, 3.63) is 39.9 Å². The number of ether oxygens (including phenoxy) is 1. The second kappa shape index (κ2) is 11.0. The number of hydrogen-bond acceptors (Lipinski definition) is 8. The van der Waals surface area contributed by atoms with Gasteiger partial charge in [-0.2, -0.15) is 10.7 Å². The van der Waals surface area contributed by atoms with Crippen molar-refractivity contribution in [2.24, 2.45) is 0 Å². The van der Waals surface area contributed by atoms with E-state index in [1.54, 1.807) is 37.8 Å². The number of carbonyl (C=O) groups is 1. The van der Waals surface area contributed by atoms with Gasteiger partial charge in [-0.15, -0.1) is 0 Å². The monoisotopic (exact) mass is 506 g/mol. The number of nitro benzene ring substituents is 1. The van der Waals surface area contributed by atoms with Crippen LogP contribution in [0, 0.1) is 21.4 Å². The Morgan fingerprint density at radius 2 is 1.86 bits per heavy atom. The summed E-state index contributed by atoms with van der Waals surface area (Å²) in [5, 5.41) is 20.7. The highest BCUT2D eigenvalue weighted by Gasteiger charge is 2.46. The Kier molecular flexibility index (Phi) is 9.05. The fraction of sp³-hybridized carbons (Fsp3) is 0.667. The highest BCUT2D eigenvalue weighted by atomic mass is 28.4. The van der Waals surface area contributed by atoms with Gasteiger partial charge in [-0.25, -0.2) is 4.79 Å². The van der Waals surface area contributed by atoms with Crippen LogP contribution >= 0.6 is 0 Å². The number of likely N-dealkylation sites (tertiary alicyclic amines) is 1. The second-order valence-electron chi connectivity index (χ2n) is 11.4. The molecule has 0 bridgehead atoms. The first-order valence-electron chi connectivity index (χ1n) is 11.7. The minimum atomic E-state index is -2.10. The molecule has 2 rings (SSSR count). The molecule has 0 aliphatic carbocycles. The van der Waals surface area contributed by atoms with E-state index in [1.165, 1.54) is 12.1 Å². The predicted molar refractivity (Wildman–Crippen MR) is 134 cm³/mol. The summed E-state index contributed by atoms with van der Waals surface area (Å²) in [7, 11) is -2.10. The molecule has 1 aromatic carbocycles. The van der Waals surface area contributed by atoms with Crippen LogP contribution in [0.2, 0.25) is 18.1 Å². The summed E-state index contributed by atoms with van der Waals surface area (Å²) >= 11 is 0. The highest BCUT2D eigenvalue weighted by molar-refractivity contribution is 6.74. The summed E-state index contributed by atoms with van der Waals surface area (Å²) in [6.45, 7) is 16.6. The molecule has 1 unspecified atom stereocenters. The van der Waals surface area contributed by atoms with Gasteiger partial charge in [0.15, 0.2) is 8.32 Å². The Labute approximate surface area is 208 Å². The standard InChI is InChI=1S/C24H38N4O6Si/c1-23(2,3)33-22(29)27-15-19(34-35(7,8)24(4,5)6)13-21(27)20(14-25)26-32-16-17-9-11-18(12-10-17)28(30)31/h9-12,19-21,26H,13,15-16H2,1-8H3/t19-,20?,21+/m1/s1. The number of nitrogens with zero attached hydrogens (tertiary/aromatic N) is 3. The van der Waals surface area contributed by atoms with Gasteiger partial charge in [-0.05, 0) is 63.0 Å². The molecule has 10 nitrogen and oxygen atoms in total. The lowest BCUT2D eigenvalue weighted by molar-refractivity contribution is -0.384. The van der Waals surface area contributed by atoms with Crippen molar-refractivity contribution in [3.8, 4) is 6.07 Å². The number of nitrogens with one attached hydrogen (secondary N) is 1. The van der Waals surface area contributed by atoms with Crippen molar-refractivity contribution >= 4 is 20.1 Å². The topological polar surface area (TPSA) is 127 Å². The largest absolute Gasteiger partial charge is 0.444 e. The fourth-order valence-corrected chi connectivity index (χ4v) is 4.83. The molecule has 1 N–H and O–H groups in total. The van der Waals surface area contributed by atoms with Crippen molar-refractivity contribution in [2.45, 2.75) is 96.5 Å². The van der Waals surface area contributed by atoms with Gasteiger partial charge in [-0.1, -0.05) is 20.8 Å². The van der Waals surface area contributed by atoms with Gasteiger partial charge in [0.1, 0.15) is 11.6 Å². The lowest BCUT2D eigenvalue weighted by Crippen LogP contribution is -2.49. The average Bonchev–Trinajstić information content (AvgIpc) is 3.12. The van der Waals surface area contributed by atoms with Gasteiger partial charge in [0.2, 0.25) is 0 Å². The summed E-state index contributed by atoms with van der Waals surface area (Å²) < 4.78 is 12.2. The van der Waals surface area contributed by atoms with E-state index in [0.29, 0.717) is 18.5 Å². The molecule has 0 radical (unpaired) electrons. The number of hydrogen-bond donors (Lipinski definition) is 1. The van der Waals surface area contributed by atoms with Crippen LogP contribution < -0.4 is 5.48 Å². The molecule has 1 amide bonds. The van der Waals surface area contributed by atoms with E-state index in [-0.39, 0.29) is 23.4 Å². The van der Waals surface area contributed by atoms with Gasteiger partial charge in [0.05, 0.1) is 29.7 Å². The van der Waals surface area contributed by atoms with Crippen LogP contribution in [0.15, 0.2) is 24.3 Å². The normalized spacial score (nSPS) is 19.8. The quantitative estimate of drug-likeness (QED) is 0.299. The molecular formula is C24H38N4O6Si. The first kappa shape index (κ1) is 28.7. The zero-order valence-corrected chi connectivity index (χ0v) is 23.0. The molecule has 1 aromatic rings. The van der Waals surface area contributed by atoms with E-state index in [2.05, 4.69) is 45.4 Å². The van der Waals surface area contributed by atoms with Crippen LogP contribution in [0.4, 0.5) is 10.5 Å². The Balaban J connectivity index is 2.13. The maximum atomic E-state index is 13.0. The Bertz CT molecular complexity index is 933. The van der Waals surface area contributed by atoms with E-state index in [9.17, 15) is 20.2 Å². The van der Waals surface area contributed by atoms with Crippen molar-refractivity contribution < 1.29 is 23.7 Å². The third-order valence-corrected chi connectivity index (χ3v) is 10.9. The first-order chi connectivity index (χ1) is 16.0. The van der Waals surface area contributed by atoms with Gasteiger partial charge in [0, 0.05) is 18.7 Å². The van der Waals surface area contributed by atoms with Crippen LogP contribution in [-0.2, 0) is 20.6 Å². The number of hydroxylamine groups is 1. The molecule has 35 heavy (non-hydrogen) atoms. The maximum absolute atomic E-state index is 13.0. The van der Waals surface area contributed by atoms with Crippen LogP contribution in [-0.4, -0.2) is 54.6 Å². The predicted octanol–water partition coefficient (Wildman–Crippen LogP) is 4.91. The van der Waals surface area contributed by atoms with Gasteiger partial charge >= 0.3 is 6.09 Å². The molecule has 1 fully saturated rings. The van der Waals surface area contributed by atoms with E-state index < -0.39 is 37.0 Å². The number of amides is 1. The number of rotatable bonds is 8. The highest BCUT2D eigenvalue weighted by Crippen LogP contribution is 2.39. The third kappa shape index (κ3) is 8.00. The molecule has 0 spiro atoms. The Hall–Kier alpha value is -2.52. The lowest BCUT2D eigenvalue weighted by Gasteiger charge is -2.38. The van der Waals surface area contributed by atoms with Crippen molar-refractivity contribution in [1.29, 1.82) is 5.26 Å². The molecule has 1 aliphatic heterocycles. The van der Waals surface area contributed by atoms with E-state index >= 15 is 0 Å². The number of benzene rings is 1. The smallest absolute Gasteiger partial charge is 0.410 e. The summed E-state index contributed by atoms with van der Waals surface area (Å²) in [6.07, 6.45) is -0.250. The lowest BCUT2D eigenvalue weighted by atomic mass is 10.1. The van der Waals surface area contributed by atoms with Gasteiger partial charge in [-0.3, -0.25) is 19.9 Å².